The summed E-state index contributed by atoms with van der Waals surface area (Å²) >= 11 is 0. The number of amides is 2. The molecule has 1 aliphatic rings. The minimum Gasteiger partial charge on any atom is -0.489 e. The van der Waals surface area contributed by atoms with Crippen LogP contribution in [0.15, 0.2) is 42.5 Å². The van der Waals surface area contributed by atoms with Gasteiger partial charge in [0.1, 0.15) is 12.4 Å². The number of nitrogens with one attached hydrogen (secondary N) is 3. The van der Waals surface area contributed by atoms with E-state index in [0.29, 0.717) is 24.5 Å². The molecule has 2 atom stereocenters. The monoisotopic (exact) mass is 493 g/mol. The summed E-state index contributed by atoms with van der Waals surface area (Å²) in [4.78, 5) is 39.6. The van der Waals surface area contributed by atoms with Gasteiger partial charge in [-0.05, 0) is 62.2 Å². The lowest BCUT2D eigenvalue weighted by Gasteiger charge is -2.31. The first-order chi connectivity index (χ1) is 16.5. The number of piperidine rings is 1. The third kappa shape index (κ3) is 7.19. The van der Waals surface area contributed by atoms with Crippen LogP contribution in [0.1, 0.15) is 33.5 Å². The summed E-state index contributed by atoms with van der Waals surface area (Å²) in [5.74, 6) is -4.23. The molecule has 0 saturated carbocycles. The molecular formula is C24H26F3N3O5. The van der Waals surface area contributed by atoms with Crippen molar-refractivity contribution in [2.24, 2.45) is 5.92 Å². The van der Waals surface area contributed by atoms with E-state index in [1.54, 1.807) is 24.3 Å². The van der Waals surface area contributed by atoms with Crippen molar-refractivity contribution in [3.05, 3.63) is 64.7 Å². The zero-order valence-corrected chi connectivity index (χ0v) is 19.2. The molecular weight excluding hydrogens is 467 g/mol. The lowest BCUT2D eigenvalue weighted by molar-refractivity contribution is -0.208. The van der Waals surface area contributed by atoms with Crippen molar-refractivity contribution in [2.75, 3.05) is 13.1 Å². The molecule has 0 unspecified atom stereocenters. The van der Waals surface area contributed by atoms with Gasteiger partial charge in [-0.2, -0.15) is 18.7 Å². The Morgan fingerprint density at radius 1 is 1.09 bits per heavy atom. The van der Waals surface area contributed by atoms with Crippen molar-refractivity contribution >= 4 is 17.8 Å². The quantitative estimate of drug-likeness (QED) is 0.535. The summed E-state index contributed by atoms with van der Waals surface area (Å²) in [6, 6.07) is 11.8. The van der Waals surface area contributed by atoms with Crippen molar-refractivity contribution in [1.29, 1.82) is 0 Å². The molecule has 1 aliphatic heterocycles. The lowest BCUT2D eigenvalue weighted by Crippen LogP contribution is -2.55. The number of hydrogen-bond donors (Lipinski definition) is 3. The normalized spacial score (nSPS) is 17.9. The Morgan fingerprint density at radius 2 is 1.80 bits per heavy atom. The number of carbonyl (C=O) groups is 3. The number of hydrogen-bond acceptors (Lipinski definition) is 6. The molecule has 2 aromatic carbocycles. The van der Waals surface area contributed by atoms with E-state index >= 15 is 0 Å². The van der Waals surface area contributed by atoms with Crippen LogP contribution in [0.4, 0.5) is 13.2 Å². The van der Waals surface area contributed by atoms with Gasteiger partial charge in [0.2, 0.25) is 0 Å². The average molecular weight is 493 g/mol. The summed E-state index contributed by atoms with van der Waals surface area (Å²) in [5.41, 5.74) is 5.15. The molecule has 8 nitrogen and oxygen atoms in total. The Hall–Kier alpha value is -3.60. The number of alkyl halides is 3. The maximum Gasteiger partial charge on any atom is 0.493 e. The van der Waals surface area contributed by atoms with Crippen molar-refractivity contribution in [1.82, 2.24) is 16.1 Å². The SMILES string of the molecule is Cc1ccc(C)c(COc2ccc(C(=O)N[C@@H]3CNCC[C@@H]3C(=O)NOC(=O)C(F)(F)F)cc2)c1. The Morgan fingerprint density at radius 3 is 2.49 bits per heavy atom. The molecule has 0 radical (unpaired) electrons. The summed E-state index contributed by atoms with van der Waals surface area (Å²) in [5, 5.41) is 5.72. The molecule has 1 heterocycles. The van der Waals surface area contributed by atoms with Gasteiger partial charge in [0.05, 0.1) is 12.0 Å². The van der Waals surface area contributed by atoms with Gasteiger partial charge in [-0.15, -0.1) is 0 Å². The molecule has 35 heavy (non-hydrogen) atoms. The van der Waals surface area contributed by atoms with Crippen LogP contribution in [0.25, 0.3) is 0 Å². The maximum atomic E-state index is 12.7. The summed E-state index contributed by atoms with van der Waals surface area (Å²) in [6.45, 7) is 5.00. The van der Waals surface area contributed by atoms with E-state index in [9.17, 15) is 27.6 Å². The lowest BCUT2D eigenvalue weighted by atomic mass is 9.91. The zero-order chi connectivity index (χ0) is 25.6. The van der Waals surface area contributed by atoms with E-state index in [0.717, 1.165) is 16.7 Å². The molecule has 188 valence electrons. The second kappa shape index (κ2) is 11.2. The molecule has 11 heteroatoms. The van der Waals surface area contributed by atoms with Gasteiger partial charge in [-0.3, -0.25) is 9.59 Å². The predicted molar refractivity (Wildman–Crippen MR) is 119 cm³/mol. The maximum absolute atomic E-state index is 12.7. The van der Waals surface area contributed by atoms with Crippen LogP contribution < -0.4 is 20.9 Å². The first-order valence-corrected chi connectivity index (χ1v) is 10.9. The van der Waals surface area contributed by atoms with Crippen LogP contribution in [0.2, 0.25) is 0 Å². The van der Waals surface area contributed by atoms with E-state index < -0.39 is 35.9 Å². The Labute approximate surface area is 200 Å². The molecule has 0 aromatic heterocycles. The van der Waals surface area contributed by atoms with Crippen molar-refractivity contribution in [3.63, 3.8) is 0 Å². The predicted octanol–water partition coefficient (Wildman–Crippen LogP) is 2.73. The number of benzene rings is 2. The number of aryl methyl sites for hydroxylation is 2. The highest BCUT2D eigenvalue weighted by molar-refractivity contribution is 5.95. The summed E-state index contributed by atoms with van der Waals surface area (Å²) in [6.07, 6.45) is -5.00. The molecule has 0 spiro atoms. The Bertz CT molecular complexity index is 1070. The fourth-order valence-corrected chi connectivity index (χ4v) is 3.63. The highest BCUT2D eigenvalue weighted by Crippen LogP contribution is 2.19. The van der Waals surface area contributed by atoms with Crippen LogP contribution in [0.3, 0.4) is 0 Å². The summed E-state index contributed by atoms with van der Waals surface area (Å²) < 4.78 is 42.6. The van der Waals surface area contributed by atoms with Crippen LogP contribution in [0, 0.1) is 19.8 Å². The molecule has 1 saturated heterocycles. The fourth-order valence-electron chi connectivity index (χ4n) is 3.63. The standard InChI is InChI=1S/C24H26F3N3O5/c1-14-3-4-15(2)17(11-14)13-34-18-7-5-16(6-8-18)21(31)29-20-12-28-10-9-19(20)22(32)30-35-23(33)24(25,26)27/h3-8,11,19-20,28H,9-10,12-13H2,1-2H3,(H,29,31)(H,30,32)/t19-,20+/m0/s1. The molecule has 0 aliphatic carbocycles. The highest BCUT2D eigenvalue weighted by atomic mass is 19.4. The van der Waals surface area contributed by atoms with E-state index in [4.69, 9.17) is 4.74 Å². The van der Waals surface area contributed by atoms with Crippen molar-refractivity contribution < 1.29 is 37.1 Å². The first kappa shape index (κ1) is 26.0. The third-order valence-corrected chi connectivity index (χ3v) is 5.63. The topological polar surface area (TPSA) is 106 Å². The largest absolute Gasteiger partial charge is 0.493 e. The number of rotatable bonds is 6. The van der Waals surface area contributed by atoms with E-state index in [2.05, 4.69) is 15.5 Å². The van der Waals surface area contributed by atoms with Crippen LogP contribution in [0.5, 0.6) is 5.75 Å². The van der Waals surface area contributed by atoms with E-state index in [-0.39, 0.29) is 13.0 Å². The molecule has 0 bridgehead atoms. The molecule has 3 N–H and O–H groups in total. The van der Waals surface area contributed by atoms with Crippen LogP contribution in [-0.4, -0.2) is 43.1 Å². The molecule has 1 fully saturated rings. The molecule has 3 rings (SSSR count). The van der Waals surface area contributed by atoms with Gasteiger partial charge < -0.3 is 20.2 Å². The number of carbonyl (C=O) groups excluding carboxylic acids is 3. The van der Waals surface area contributed by atoms with E-state index in [1.165, 1.54) is 5.48 Å². The molecule has 2 amide bonds. The average Bonchev–Trinajstić information content (AvgIpc) is 2.83. The van der Waals surface area contributed by atoms with Gasteiger partial charge >= 0.3 is 12.1 Å². The number of hydroxylamine groups is 1. The van der Waals surface area contributed by atoms with Gasteiger partial charge in [-0.1, -0.05) is 23.8 Å². The van der Waals surface area contributed by atoms with Crippen molar-refractivity contribution in [3.8, 4) is 5.75 Å². The van der Waals surface area contributed by atoms with Crippen molar-refractivity contribution in [2.45, 2.75) is 39.1 Å². The van der Waals surface area contributed by atoms with Gasteiger partial charge in [0.15, 0.2) is 0 Å². The minimum absolute atomic E-state index is 0.216. The zero-order valence-electron chi connectivity index (χ0n) is 19.2. The minimum atomic E-state index is -5.23. The second-order valence-corrected chi connectivity index (χ2v) is 8.28. The third-order valence-electron chi connectivity index (χ3n) is 5.63. The van der Waals surface area contributed by atoms with E-state index in [1.807, 2.05) is 32.0 Å². The van der Waals surface area contributed by atoms with Gasteiger partial charge in [0.25, 0.3) is 11.8 Å². The van der Waals surface area contributed by atoms with Crippen LogP contribution in [-0.2, 0) is 21.0 Å². The highest BCUT2D eigenvalue weighted by Gasteiger charge is 2.42. The number of halogens is 3. The van der Waals surface area contributed by atoms with Crippen LogP contribution >= 0.6 is 0 Å². The Kier molecular flexibility index (Phi) is 8.34. The molecule has 2 aromatic rings. The van der Waals surface area contributed by atoms with Gasteiger partial charge in [-0.25, -0.2) is 4.79 Å². The smallest absolute Gasteiger partial charge is 0.489 e. The Balaban J connectivity index is 1.56. The van der Waals surface area contributed by atoms with Gasteiger partial charge in [0, 0.05) is 12.1 Å². The summed E-state index contributed by atoms with van der Waals surface area (Å²) in [7, 11) is 0. The first-order valence-electron chi connectivity index (χ1n) is 10.9. The second-order valence-electron chi connectivity index (χ2n) is 8.28. The fraction of sp³-hybridized carbons (Fsp3) is 0.375. The number of ether oxygens (including phenoxy) is 1.